The summed E-state index contributed by atoms with van der Waals surface area (Å²) >= 11 is 0. The maximum Gasteiger partial charge on any atom is 0.0577 e. The third kappa shape index (κ3) is 0.871. The van der Waals surface area contributed by atoms with E-state index < -0.39 is 0 Å². The fourth-order valence-corrected chi connectivity index (χ4v) is 2.66. The molecular weight excluding hydrogens is 136 g/mol. The van der Waals surface area contributed by atoms with Gasteiger partial charge in [0.2, 0.25) is 0 Å². The van der Waals surface area contributed by atoms with Gasteiger partial charge >= 0.3 is 0 Å². The molecular formula is C10H16O. The van der Waals surface area contributed by atoms with Crippen LogP contribution in [-0.2, 0) is 0 Å². The molecule has 0 saturated heterocycles. The van der Waals surface area contributed by atoms with E-state index in [0.717, 1.165) is 6.42 Å². The van der Waals surface area contributed by atoms with Gasteiger partial charge in [-0.2, -0.15) is 0 Å². The highest BCUT2D eigenvalue weighted by Gasteiger charge is 2.58. The quantitative estimate of drug-likeness (QED) is 0.570. The molecule has 0 aromatic heterocycles. The zero-order valence-corrected chi connectivity index (χ0v) is 7.14. The maximum atomic E-state index is 9.59. The minimum Gasteiger partial charge on any atom is -0.393 e. The van der Waals surface area contributed by atoms with Gasteiger partial charge in [-0.25, -0.2) is 0 Å². The van der Waals surface area contributed by atoms with E-state index in [1.165, 1.54) is 24.8 Å². The molecule has 0 unspecified atom stereocenters. The zero-order valence-electron chi connectivity index (χ0n) is 7.14. The highest BCUT2D eigenvalue weighted by atomic mass is 16.3. The first-order valence-corrected chi connectivity index (χ1v) is 4.51. The van der Waals surface area contributed by atoms with Gasteiger partial charge in [0, 0.05) is 0 Å². The first kappa shape index (κ1) is 7.35. The number of hydrogen-bond donors (Lipinski definition) is 1. The Bertz CT molecular complexity index is 197. The average Bonchev–Trinajstić information content (AvgIpc) is 2.64. The lowest BCUT2D eigenvalue weighted by atomic mass is 9.82. The van der Waals surface area contributed by atoms with Crippen molar-refractivity contribution in [2.24, 2.45) is 11.3 Å². The molecule has 2 saturated carbocycles. The molecule has 0 spiro atoms. The van der Waals surface area contributed by atoms with Gasteiger partial charge in [-0.15, -0.1) is 0 Å². The Kier molecular flexibility index (Phi) is 1.40. The molecule has 11 heavy (non-hydrogen) atoms. The molecule has 2 rings (SSSR count). The van der Waals surface area contributed by atoms with Gasteiger partial charge in [0.15, 0.2) is 0 Å². The summed E-state index contributed by atoms with van der Waals surface area (Å²) in [4.78, 5) is 0. The summed E-state index contributed by atoms with van der Waals surface area (Å²) in [6, 6.07) is 0. The minimum atomic E-state index is -0.0274. The predicted octanol–water partition coefficient (Wildman–Crippen LogP) is 2.11. The van der Waals surface area contributed by atoms with Crippen molar-refractivity contribution < 1.29 is 5.11 Å². The van der Waals surface area contributed by atoms with E-state index >= 15 is 0 Å². The smallest absolute Gasteiger partial charge is 0.0577 e. The van der Waals surface area contributed by atoms with Crippen molar-refractivity contribution in [3.8, 4) is 0 Å². The number of rotatable bonds is 1. The second-order valence-electron chi connectivity index (χ2n) is 4.21. The number of hydrogen-bond acceptors (Lipinski definition) is 1. The van der Waals surface area contributed by atoms with Gasteiger partial charge in [0.25, 0.3) is 0 Å². The molecule has 2 aliphatic carbocycles. The summed E-state index contributed by atoms with van der Waals surface area (Å²) in [6.07, 6.45) is 4.64. The summed E-state index contributed by atoms with van der Waals surface area (Å²) in [5, 5.41) is 9.59. The van der Waals surface area contributed by atoms with E-state index in [4.69, 9.17) is 0 Å². The van der Waals surface area contributed by atoms with Gasteiger partial charge < -0.3 is 5.11 Å². The SMILES string of the molecule is C=C(C)[C@]12CCC[C@@H](O)[C@H]1C2. The van der Waals surface area contributed by atoms with Crippen molar-refractivity contribution in [3.63, 3.8) is 0 Å². The summed E-state index contributed by atoms with van der Waals surface area (Å²) in [5.41, 5.74) is 1.67. The lowest BCUT2D eigenvalue weighted by Gasteiger charge is -2.25. The van der Waals surface area contributed by atoms with Crippen LogP contribution >= 0.6 is 0 Å². The molecule has 0 amide bonds. The average molecular weight is 152 g/mol. The Labute approximate surface area is 68.1 Å². The normalized spacial score (nSPS) is 48.2. The van der Waals surface area contributed by atoms with Crippen molar-refractivity contribution in [2.75, 3.05) is 0 Å². The van der Waals surface area contributed by atoms with Crippen LogP contribution in [0, 0.1) is 11.3 Å². The summed E-state index contributed by atoms with van der Waals surface area (Å²) < 4.78 is 0. The third-order valence-corrected chi connectivity index (χ3v) is 3.57. The number of allylic oxidation sites excluding steroid dienone is 1. The molecule has 0 aromatic rings. The first-order valence-electron chi connectivity index (χ1n) is 4.51. The number of aliphatic hydroxyl groups is 1. The number of fused-ring (bicyclic) bond motifs is 1. The van der Waals surface area contributed by atoms with Crippen LogP contribution in [0.1, 0.15) is 32.6 Å². The van der Waals surface area contributed by atoms with Gasteiger partial charge in [-0.05, 0) is 43.9 Å². The molecule has 2 aliphatic rings. The maximum absolute atomic E-state index is 9.59. The molecule has 1 heteroatoms. The summed E-state index contributed by atoms with van der Waals surface area (Å²) in [5.74, 6) is 0.564. The molecule has 0 aliphatic heterocycles. The second kappa shape index (κ2) is 2.10. The molecule has 0 radical (unpaired) electrons. The Hall–Kier alpha value is -0.300. The Balaban J connectivity index is 2.14. The molecule has 3 atom stereocenters. The lowest BCUT2D eigenvalue weighted by Crippen LogP contribution is -2.22. The van der Waals surface area contributed by atoms with Crippen LogP contribution in [0.3, 0.4) is 0 Å². The van der Waals surface area contributed by atoms with Crippen molar-refractivity contribution in [2.45, 2.75) is 38.7 Å². The molecule has 0 heterocycles. The molecule has 1 nitrogen and oxygen atoms in total. The van der Waals surface area contributed by atoms with E-state index in [-0.39, 0.29) is 6.10 Å². The minimum absolute atomic E-state index is 0.0274. The van der Waals surface area contributed by atoms with Crippen molar-refractivity contribution >= 4 is 0 Å². The van der Waals surface area contributed by atoms with Crippen LogP contribution in [0.15, 0.2) is 12.2 Å². The fourth-order valence-electron chi connectivity index (χ4n) is 2.66. The van der Waals surface area contributed by atoms with E-state index in [1.54, 1.807) is 0 Å². The van der Waals surface area contributed by atoms with E-state index in [2.05, 4.69) is 13.5 Å². The summed E-state index contributed by atoms with van der Waals surface area (Å²) in [7, 11) is 0. The Morgan fingerprint density at radius 1 is 1.64 bits per heavy atom. The van der Waals surface area contributed by atoms with Crippen LogP contribution in [0.5, 0.6) is 0 Å². The van der Waals surface area contributed by atoms with Crippen LogP contribution in [0.2, 0.25) is 0 Å². The summed E-state index contributed by atoms with van der Waals surface area (Å²) in [6.45, 7) is 6.12. The Morgan fingerprint density at radius 2 is 2.36 bits per heavy atom. The van der Waals surface area contributed by atoms with E-state index in [9.17, 15) is 5.11 Å². The molecule has 1 N–H and O–H groups in total. The molecule has 2 fully saturated rings. The van der Waals surface area contributed by atoms with Gasteiger partial charge in [0.1, 0.15) is 0 Å². The molecule has 62 valence electrons. The zero-order chi connectivity index (χ0) is 8.06. The van der Waals surface area contributed by atoms with Gasteiger partial charge in [0.05, 0.1) is 6.10 Å². The van der Waals surface area contributed by atoms with Crippen molar-refractivity contribution in [1.29, 1.82) is 0 Å². The first-order chi connectivity index (χ1) is 5.17. The van der Waals surface area contributed by atoms with Gasteiger partial charge in [-0.3, -0.25) is 0 Å². The van der Waals surface area contributed by atoms with Crippen LogP contribution in [-0.4, -0.2) is 11.2 Å². The second-order valence-corrected chi connectivity index (χ2v) is 4.21. The predicted molar refractivity (Wildman–Crippen MR) is 45.2 cm³/mol. The van der Waals surface area contributed by atoms with Crippen molar-refractivity contribution in [1.82, 2.24) is 0 Å². The molecule has 0 bridgehead atoms. The number of aliphatic hydroxyl groups excluding tert-OH is 1. The van der Waals surface area contributed by atoms with E-state index in [1.807, 2.05) is 0 Å². The largest absolute Gasteiger partial charge is 0.393 e. The van der Waals surface area contributed by atoms with Crippen molar-refractivity contribution in [3.05, 3.63) is 12.2 Å². The van der Waals surface area contributed by atoms with Crippen LogP contribution in [0.4, 0.5) is 0 Å². The van der Waals surface area contributed by atoms with Crippen LogP contribution < -0.4 is 0 Å². The van der Waals surface area contributed by atoms with E-state index in [0.29, 0.717) is 11.3 Å². The monoisotopic (exact) mass is 152 g/mol. The standard InChI is InChI=1S/C10H16O/c1-7(2)10-5-3-4-9(11)8(10)6-10/h8-9,11H,1,3-6H2,2H3/t8-,9-,10-/m1/s1. The highest BCUT2D eigenvalue weighted by Crippen LogP contribution is 2.64. The third-order valence-electron chi connectivity index (χ3n) is 3.57. The molecule has 0 aromatic carbocycles. The topological polar surface area (TPSA) is 20.2 Å². The van der Waals surface area contributed by atoms with Crippen LogP contribution in [0.25, 0.3) is 0 Å². The highest BCUT2D eigenvalue weighted by molar-refractivity contribution is 5.23. The lowest BCUT2D eigenvalue weighted by molar-refractivity contribution is 0.101. The van der Waals surface area contributed by atoms with Gasteiger partial charge in [-0.1, -0.05) is 12.2 Å². The Morgan fingerprint density at radius 3 is 2.91 bits per heavy atom. The fraction of sp³-hybridized carbons (Fsp3) is 0.800.